The first-order chi connectivity index (χ1) is 36.1. The summed E-state index contributed by atoms with van der Waals surface area (Å²) in [7, 11) is 0. The van der Waals surface area contributed by atoms with Gasteiger partial charge in [0.1, 0.15) is 48.8 Å². The van der Waals surface area contributed by atoms with E-state index in [-0.39, 0.29) is 12.5 Å². The second-order valence-corrected chi connectivity index (χ2v) is 21.8. The monoisotopic (exact) mass is 1060 g/mol. The number of aliphatic hydroxyl groups is 8. The number of carbonyl (C=O) groups excluding carboxylic acids is 1. The van der Waals surface area contributed by atoms with E-state index in [1.807, 2.05) is 0 Å². The van der Waals surface area contributed by atoms with Crippen LogP contribution in [0.25, 0.3) is 0 Å². The van der Waals surface area contributed by atoms with Gasteiger partial charge in [0.15, 0.2) is 12.6 Å². The molecule has 0 radical (unpaired) electrons. The van der Waals surface area contributed by atoms with Gasteiger partial charge in [-0.3, -0.25) is 4.79 Å². The number of rotatable bonds is 49. The van der Waals surface area contributed by atoms with Crippen molar-refractivity contribution in [1.82, 2.24) is 5.32 Å². The average Bonchev–Trinajstić information content (AvgIpc) is 3.40. The van der Waals surface area contributed by atoms with Crippen molar-refractivity contribution in [2.75, 3.05) is 19.8 Å². The van der Waals surface area contributed by atoms with Crippen LogP contribution in [0.5, 0.6) is 0 Å². The van der Waals surface area contributed by atoms with Gasteiger partial charge < -0.3 is 65.1 Å². The van der Waals surface area contributed by atoms with Crippen LogP contribution in [-0.2, 0) is 23.7 Å². The van der Waals surface area contributed by atoms with Crippen molar-refractivity contribution in [3.05, 3.63) is 24.3 Å². The molecule has 2 aliphatic heterocycles. The highest BCUT2D eigenvalue weighted by Crippen LogP contribution is 2.30. The fourth-order valence-electron chi connectivity index (χ4n) is 10.2. The molecular formula is C60H113NO13. The van der Waals surface area contributed by atoms with Gasteiger partial charge in [0.05, 0.1) is 32.0 Å². The molecule has 12 unspecified atom stereocenters. The van der Waals surface area contributed by atoms with Crippen LogP contribution in [0.1, 0.15) is 258 Å². The number of allylic oxidation sites excluding steroid dienone is 4. The second-order valence-electron chi connectivity index (χ2n) is 21.8. The Balaban J connectivity index is 1.64. The minimum atomic E-state index is -1.78. The fourth-order valence-corrected chi connectivity index (χ4v) is 10.2. The molecule has 0 spiro atoms. The smallest absolute Gasteiger partial charge is 0.220 e. The molecule has 2 saturated heterocycles. The van der Waals surface area contributed by atoms with Gasteiger partial charge in [0, 0.05) is 6.42 Å². The molecule has 2 rings (SSSR count). The average molecular weight is 1060 g/mol. The van der Waals surface area contributed by atoms with Gasteiger partial charge in [-0.15, -0.1) is 0 Å². The summed E-state index contributed by atoms with van der Waals surface area (Å²) in [5.41, 5.74) is 0. The van der Waals surface area contributed by atoms with E-state index in [9.17, 15) is 45.6 Å². The van der Waals surface area contributed by atoms with Crippen molar-refractivity contribution >= 4 is 5.91 Å². The van der Waals surface area contributed by atoms with Gasteiger partial charge >= 0.3 is 0 Å². The van der Waals surface area contributed by atoms with Crippen LogP contribution in [0.4, 0.5) is 0 Å². The Morgan fingerprint density at radius 1 is 0.486 bits per heavy atom. The molecule has 0 aromatic carbocycles. The van der Waals surface area contributed by atoms with E-state index in [0.29, 0.717) is 12.8 Å². The number of amides is 1. The van der Waals surface area contributed by atoms with E-state index in [0.717, 1.165) is 57.8 Å². The van der Waals surface area contributed by atoms with Crippen LogP contribution in [-0.4, -0.2) is 140 Å². The van der Waals surface area contributed by atoms with Gasteiger partial charge in [-0.1, -0.05) is 231 Å². The molecule has 1 amide bonds. The predicted molar refractivity (Wildman–Crippen MR) is 295 cm³/mol. The van der Waals surface area contributed by atoms with Gasteiger partial charge in [0.25, 0.3) is 0 Å². The molecule has 0 aliphatic carbocycles. The number of aliphatic hydroxyl groups excluding tert-OH is 8. The molecule has 74 heavy (non-hydrogen) atoms. The Hall–Kier alpha value is -1.53. The van der Waals surface area contributed by atoms with Crippen LogP contribution < -0.4 is 5.32 Å². The number of unbranched alkanes of at least 4 members (excludes halogenated alkanes) is 32. The zero-order chi connectivity index (χ0) is 53.9. The number of hydrogen-bond donors (Lipinski definition) is 9. The molecule has 14 nitrogen and oxygen atoms in total. The SMILES string of the molecule is CCCCCCC/C=C\C/C=C\CCCCCCCCCCCCCCCCCCCC(=O)NC(COC1OC(CO)C(OC2OC(CO)C(O)C(O)C2O)C(O)C1O)C(O)CCCCCCCCCCCCC. The van der Waals surface area contributed by atoms with E-state index in [2.05, 4.69) is 43.5 Å². The minimum absolute atomic E-state index is 0.205. The quantitative estimate of drug-likeness (QED) is 0.0204. The zero-order valence-electron chi connectivity index (χ0n) is 46.8. The molecule has 9 N–H and O–H groups in total. The topological polar surface area (TPSA) is 228 Å². The van der Waals surface area contributed by atoms with Crippen LogP contribution >= 0.6 is 0 Å². The van der Waals surface area contributed by atoms with E-state index in [1.165, 1.54) is 173 Å². The molecule has 2 fully saturated rings. The summed E-state index contributed by atoms with van der Waals surface area (Å²) in [5.74, 6) is -0.205. The zero-order valence-corrected chi connectivity index (χ0v) is 46.8. The van der Waals surface area contributed by atoms with Crippen molar-refractivity contribution < 1.29 is 64.6 Å². The lowest BCUT2D eigenvalue weighted by molar-refractivity contribution is -0.359. The fraction of sp³-hybridized carbons (Fsp3) is 0.917. The number of nitrogens with one attached hydrogen (secondary N) is 1. The normalized spacial score (nSPS) is 25.3. The van der Waals surface area contributed by atoms with Crippen LogP contribution in [0, 0.1) is 0 Å². The number of ether oxygens (including phenoxy) is 4. The van der Waals surface area contributed by atoms with E-state index < -0.39 is 86.8 Å². The second kappa shape index (κ2) is 46.4. The Morgan fingerprint density at radius 2 is 0.892 bits per heavy atom. The first-order valence-electron chi connectivity index (χ1n) is 30.6. The van der Waals surface area contributed by atoms with Crippen molar-refractivity contribution in [3.8, 4) is 0 Å². The number of hydrogen-bond acceptors (Lipinski definition) is 13. The molecule has 0 aromatic heterocycles. The van der Waals surface area contributed by atoms with Gasteiger partial charge in [-0.2, -0.15) is 0 Å². The maximum atomic E-state index is 13.3. The summed E-state index contributed by atoms with van der Waals surface area (Å²) in [6.45, 7) is 2.85. The highest BCUT2D eigenvalue weighted by molar-refractivity contribution is 5.76. The minimum Gasteiger partial charge on any atom is -0.394 e. The first kappa shape index (κ1) is 68.6. The summed E-state index contributed by atoms with van der Waals surface area (Å²) in [5, 5.41) is 87.1. The molecular weight excluding hydrogens is 943 g/mol. The van der Waals surface area contributed by atoms with Gasteiger partial charge in [-0.05, 0) is 44.9 Å². The van der Waals surface area contributed by atoms with Crippen molar-refractivity contribution in [2.45, 2.75) is 331 Å². The molecule has 0 bridgehead atoms. The van der Waals surface area contributed by atoms with Crippen molar-refractivity contribution in [3.63, 3.8) is 0 Å². The Kier molecular flexibility index (Phi) is 43.0. The molecule has 2 aliphatic rings. The Morgan fingerprint density at radius 3 is 1.35 bits per heavy atom. The third-order valence-electron chi connectivity index (χ3n) is 15.2. The van der Waals surface area contributed by atoms with E-state index in [1.54, 1.807) is 0 Å². The van der Waals surface area contributed by atoms with Crippen LogP contribution in [0.3, 0.4) is 0 Å². The Labute approximate surface area is 449 Å². The maximum absolute atomic E-state index is 13.3. The van der Waals surface area contributed by atoms with Crippen LogP contribution in [0.2, 0.25) is 0 Å². The lowest BCUT2D eigenvalue weighted by atomic mass is 9.97. The third kappa shape index (κ3) is 31.8. The molecule has 436 valence electrons. The highest BCUT2D eigenvalue weighted by atomic mass is 16.7. The number of carbonyl (C=O) groups is 1. The predicted octanol–water partition coefficient (Wildman–Crippen LogP) is 10.4. The lowest BCUT2D eigenvalue weighted by Gasteiger charge is -2.46. The van der Waals surface area contributed by atoms with E-state index >= 15 is 0 Å². The lowest BCUT2D eigenvalue weighted by Crippen LogP contribution is -2.65. The van der Waals surface area contributed by atoms with Crippen molar-refractivity contribution in [1.29, 1.82) is 0 Å². The third-order valence-corrected chi connectivity index (χ3v) is 15.2. The van der Waals surface area contributed by atoms with Crippen molar-refractivity contribution in [2.24, 2.45) is 0 Å². The summed E-state index contributed by atoms with van der Waals surface area (Å²) >= 11 is 0. The summed E-state index contributed by atoms with van der Waals surface area (Å²) in [4.78, 5) is 13.3. The first-order valence-corrected chi connectivity index (χ1v) is 30.6. The van der Waals surface area contributed by atoms with Gasteiger partial charge in [-0.25, -0.2) is 0 Å². The largest absolute Gasteiger partial charge is 0.394 e. The molecule has 14 heteroatoms. The molecule has 2 heterocycles. The maximum Gasteiger partial charge on any atom is 0.220 e. The standard InChI is InChI=1S/C60H113NO13/c1-3-5-7-9-11-13-15-16-17-18-19-20-21-22-23-24-25-26-27-28-29-30-31-32-34-36-38-40-42-44-52(65)61-48(49(64)43-41-39-37-35-33-14-12-10-8-6-4-2)47-71-59-57(70)55(68)58(51(46-63)73-59)74-60-56(69)54(67)53(66)50(45-62)72-60/h15-16,18-19,48-51,53-60,62-64,66-70H,3-14,17,20-47H2,1-2H3,(H,61,65)/b16-15-,19-18-. The highest BCUT2D eigenvalue weighted by Gasteiger charge is 2.51. The molecule has 0 saturated carbocycles. The van der Waals surface area contributed by atoms with E-state index in [4.69, 9.17) is 18.9 Å². The summed E-state index contributed by atoms with van der Waals surface area (Å²) < 4.78 is 22.8. The summed E-state index contributed by atoms with van der Waals surface area (Å²) in [6, 6.07) is -0.825. The van der Waals surface area contributed by atoms with Crippen LogP contribution in [0.15, 0.2) is 24.3 Å². The molecule has 0 aromatic rings. The van der Waals surface area contributed by atoms with Gasteiger partial charge in [0.2, 0.25) is 5.91 Å². The molecule has 12 atom stereocenters. The summed E-state index contributed by atoms with van der Waals surface area (Å²) in [6.07, 6.45) is 37.7. The Bertz CT molecular complexity index is 1340.